The van der Waals surface area contributed by atoms with Gasteiger partial charge in [0.2, 0.25) is 0 Å². The molecule has 0 aliphatic heterocycles. The van der Waals surface area contributed by atoms with Crippen LogP contribution in [-0.4, -0.2) is 24.9 Å². The summed E-state index contributed by atoms with van der Waals surface area (Å²) in [5, 5.41) is 0.544. The molecule has 1 aromatic carbocycles. The van der Waals surface area contributed by atoms with Crippen LogP contribution in [0.25, 0.3) is 0 Å². The van der Waals surface area contributed by atoms with Crippen molar-refractivity contribution in [3.05, 3.63) is 33.8 Å². The summed E-state index contributed by atoms with van der Waals surface area (Å²) in [4.78, 5) is 11.4. The molecular formula is C13H18BrNO2S. The Morgan fingerprint density at radius 2 is 2.28 bits per heavy atom. The van der Waals surface area contributed by atoms with Gasteiger partial charge < -0.3 is 10.5 Å². The zero-order valence-corrected chi connectivity index (χ0v) is 13.0. The van der Waals surface area contributed by atoms with Crippen LogP contribution in [0.2, 0.25) is 0 Å². The molecular weight excluding hydrogens is 314 g/mol. The summed E-state index contributed by atoms with van der Waals surface area (Å²) in [5.41, 5.74) is 7.26. The first-order chi connectivity index (χ1) is 8.58. The van der Waals surface area contributed by atoms with Crippen molar-refractivity contribution in [2.75, 3.05) is 13.7 Å². The van der Waals surface area contributed by atoms with Crippen LogP contribution in [0.5, 0.6) is 0 Å². The summed E-state index contributed by atoms with van der Waals surface area (Å²) in [7, 11) is 1.38. The summed E-state index contributed by atoms with van der Waals surface area (Å²) < 4.78 is 5.62. The summed E-state index contributed by atoms with van der Waals surface area (Å²) in [6.07, 6.45) is 1.02. The standard InChI is InChI=1S/C13H18BrNO2S/c1-9(5-6-15)18-8-11-4-3-10(7-12(11)14)13(16)17-2/h3-4,7,9H,5-6,8,15H2,1-2H3. The number of benzene rings is 1. The zero-order chi connectivity index (χ0) is 13.5. The lowest BCUT2D eigenvalue weighted by atomic mass is 10.1. The quantitative estimate of drug-likeness (QED) is 0.813. The molecule has 18 heavy (non-hydrogen) atoms. The molecule has 0 aliphatic carbocycles. The minimum Gasteiger partial charge on any atom is -0.465 e. The van der Waals surface area contributed by atoms with Crippen LogP contribution in [-0.2, 0) is 10.5 Å². The Kier molecular flexibility index (Phi) is 6.75. The monoisotopic (exact) mass is 331 g/mol. The molecule has 1 unspecified atom stereocenters. The largest absolute Gasteiger partial charge is 0.465 e. The van der Waals surface area contributed by atoms with Gasteiger partial charge in [-0.3, -0.25) is 0 Å². The Morgan fingerprint density at radius 1 is 1.56 bits per heavy atom. The highest BCUT2D eigenvalue weighted by Crippen LogP contribution is 2.26. The van der Waals surface area contributed by atoms with Gasteiger partial charge >= 0.3 is 5.97 Å². The fourth-order valence-corrected chi connectivity index (χ4v) is 3.18. The number of esters is 1. The predicted octanol–water partition coefficient (Wildman–Crippen LogP) is 3.21. The maximum atomic E-state index is 11.4. The Morgan fingerprint density at radius 3 is 2.83 bits per heavy atom. The van der Waals surface area contributed by atoms with Crippen LogP contribution < -0.4 is 5.73 Å². The molecule has 100 valence electrons. The summed E-state index contributed by atoms with van der Waals surface area (Å²) >= 11 is 5.35. The highest BCUT2D eigenvalue weighted by molar-refractivity contribution is 9.10. The van der Waals surface area contributed by atoms with E-state index in [0.717, 1.165) is 23.2 Å². The lowest BCUT2D eigenvalue weighted by Crippen LogP contribution is -2.07. The minimum absolute atomic E-state index is 0.314. The molecule has 1 rings (SSSR count). The number of halogens is 1. The van der Waals surface area contributed by atoms with Crippen LogP contribution in [0.4, 0.5) is 0 Å². The van der Waals surface area contributed by atoms with E-state index >= 15 is 0 Å². The van der Waals surface area contributed by atoms with Gasteiger partial charge in [0.15, 0.2) is 0 Å². The molecule has 0 bridgehead atoms. The Balaban J connectivity index is 2.65. The Hall–Kier alpha value is -0.520. The topological polar surface area (TPSA) is 52.3 Å². The van der Waals surface area contributed by atoms with Crippen molar-refractivity contribution in [1.29, 1.82) is 0 Å². The van der Waals surface area contributed by atoms with Gasteiger partial charge in [-0.15, -0.1) is 0 Å². The molecule has 2 N–H and O–H groups in total. The van der Waals surface area contributed by atoms with Crippen molar-refractivity contribution in [3.8, 4) is 0 Å². The van der Waals surface area contributed by atoms with E-state index < -0.39 is 0 Å². The van der Waals surface area contributed by atoms with Crippen LogP contribution >= 0.6 is 27.7 Å². The Labute approximate surface area is 121 Å². The molecule has 0 aliphatic rings. The molecule has 1 atom stereocenters. The predicted molar refractivity (Wildman–Crippen MR) is 79.9 cm³/mol. The maximum Gasteiger partial charge on any atom is 0.337 e. The second-order valence-electron chi connectivity index (χ2n) is 4.00. The van der Waals surface area contributed by atoms with Gasteiger partial charge in [-0.2, -0.15) is 11.8 Å². The molecule has 0 radical (unpaired) electrons. The van der Waals surface area contributed by atoms with Gasteiger partial charge in [0.25, 0.3) is 0 Å². The van der Waals surface area contributed by atoms with E-state index in [0.29, 0.717) is 10.8 Å². The number of hydrogen-bond acceptors (Lipinski definition) is 4. The number of carbonyl (C=O) groups is 1. The second kappa shape index (κ2) is 7.81. The lowest BCUT2D eigenvalue weighted by molar-refractivity contribution is 0.0600. The average Bonchev–Trinajstić information content (AvgIpc) is 2.36. The molecule has 3 nitrogen and oxygen atoms in total. The number of nitrogens with two attached hydrogens (primary N) is 1. The van der Waals surface area contributed by atoms with Crippen LogP contribution in [0.3, 0.4) is 0 Å². The van der Waals surface area contributed by atoms with E-state index in [1.54, 1.807) is 12.1 Å². The number of carbonyl (C=O) groups excluding carboxylic acids is 1. The van der Waals surface area contributed by atoms with Gasteiger partial charge in [-0.25, -0.2) is 4.79 Å². The zero-order valence-electron chi connectivity index (χ0n) is 10.6. The highest BCUT2D eigenvalue weighted by atomic mass is 79.9. The number of hydrogen-bond donors (Lipinski definition) is 1. The van der Waals surface area contributed by atoms with Crippen molar-refractivity contribution in [1.82, 2.24) is 0 Å². The van der Waals surface area contributed by atoms with Crippen molar-refractivity contribution in [2.24, 2.45) is 5.73 Å². The van der Waals surface area contributed by atoms with Gasteiger partial charge in [-0.1, -0.05) is 28.9 Å². The molecule has 0 saturated heterocycles. The van der Waals surface area contributed by atoms with E-state index in [2.05, 4.69) is 27.6 Å². The Bertz CT molecular complexity index is 412. The number of ether oxygens (including phenoxy) is 1. The third kappa shape index (κ3) is 4.63. The van der Waals surface area contributed by atoms with E-state index in [4.69, 9.17) is 5.73 Å². The van der Waals surface area contributed by atoms with Crippen LogP contribution in [0, 0.1) is 0 Å². The number of methoxy groups -OCH3 is 1. The molecule has 0 amide bonds. The molecule has 0 heterocycles. The fraction of sp³-hybridized carbons (Fsp3) is 0.462. The van der Waals surface area contributed by atoms with E-state index in [-0.39, 0.29) is 5.97 Å². The van der Waals surface area contributed by atoms with Crippen LogP contribution in [0.1, 0.15) is 29.3 Å². The van der Waals surface area contributed by atoms with Gasteiger partial charge in [0, 0.05) is 15.5 Å². The van der Waals surface area contributed by atoms with E-state index in [1.807, 2.05) is 17.8 Å². The molecule has 1 aromatic rings. The van der Waals surface area contributed by atoms with Crippen molar-refractivity contribution in [3.63, 3.8) is 0 Å². The SMILES string of the molecule is COC(=O)c1ccc(CSC(C)CCN)c(Br)c1. The van der Waals surface area contributed by atoms with E-state index in [1.165, 1.54) is 12.7 Å². The molecule has 0 saturated carbocycles. The van der Waals surface area contributed by atoms with Gasteiger partial charge in [-0.05, 0) is 30.7 Å². The molecule has 0 fully saturated rings. The van der Waals surface area contributed by atoms with E-state index in [9.17, 15) is 4.79 Å². The van der Waals surface area contributed by atoms with Crippen LogP contribution in [0.15, 0.2) is 22.7 Å². The summed E-state index contributed by atoms with van der Waals surface area (Å²) in [6, 6.07) is 5.55. The first-order valence-electron chi connectivity index (χ1n) is 5.77. The molecule has 0 spiro atoms. The lowest BCUT2D eigenvalue weighted by Gasteiger charge is -2.11. The normalized spacial score (nSPS) is 12.2. The van der Waals surface area contributed by atoms with Crippen molar-refractivity contribution in [2.45, 2.75) is 24.3 Å². The smallest absolute Gasteiger partial charge is 0.337 e. The highest BCUT2D eigenvalue weighted by Gasteiger charge is 2.09. The summed E-state index contributed by atoms with van der Waals surface area (Å²) in [5.74, 6) is 0.592. The minimum atomic E-state index is -0.314. The van der Waals surface area contributed by atoms with Crippen molar-refractivity contribution < 1.29 is 9.53 Å². The number of rotatable bonds is 6. The maximum absolute atomic E-state index is 11.4. The fourth-order valence-electron chi connectivity index (χ4n) is 1.46. The second-order valence-corrected chi connectivity index (χ2v) is 6.28. The summed E-state index contributed by atoms with van der Waals surface area (Å²) in [6.45, 7) is 2.89. The van der Waals surface area contributed by atoms with Crippen molar-refractivity contribution >= 4 is 33.7 Å². The third-order valence-electron chi connectivity index (χ3n) is 2.57. The first-order valence-corrected chi connectivity index (χ1v) is 7.61. The molecule has 0 aromatic heterocycles. The first kappa shape index (κ1) is 15.5. The van der Waals surface area contributed by atoms with Gasteiger partial charge in [0.1, 0.15) is 0 Å². The molecule has 5 heteroatoms. The van der Waals surface area contributed by atoms with Gasteiger partial charge in [0.05, 0.1) is 12.7 Å². The third-order valence-corrected chi connectivity index (χ3v) is 4.59. The average molecular weight is 332 g/mol. The number of thioether (sulfide) groups is 1.